The number of methoxy groups -OCH3 is 1. The van der Waals surface area contributed by atoms with E-state index in [4.69, 9.17) is 16.3 Å². The van der Waals surface area contributed by atoms with E-state index < -0.39 is 5.92 Å². The first-order valence-corrected chi connectivity index (χ1v) is 8.86. The number of benzene rings is 2. The zero-order valence-corrected chi connectivity index (χ0v) is 15.8. The number of halogens is 2. The summed E-state index contributed by atoms with van der Waals surface area (Å²) in [6.45, 7) is 0.330. The molecule has 130 valence electrons. The van der Waals surface area contributed by atoms with Crippen molar-refractivity contribution in [3.05, 3.63) is 52.0 Å². The van der Waals surface area contributed by atoms with E-state index in [-0.39, 0.29) is 18.2 Å². The highest BCUT2D eigenvalue weighted by atomic mass is 79.9. The number of amides is 2. The third-order valence-electron chi connectivity index (χ3n) is 4.06. The van der Waals surface area contributed by atoms with Gasteiger partial charge in [0, 0.05) is 22.5 Å². The molecule has 1 saturated heterocycles. The number of carbonyl (C=O) groups is 2. The summed E-state index contributed by atoms with van der Waals surface area (Å²) in [6, 6.07) is 12.5. The van der Waals surface area contributed by atoms with Crippen LogP contribution >= 0.6 is 27.5 Å². The molecule has 0 spiro atoms. The lowest BCUT2D eigenvalue weighted by molar-refractivity contribution is -0.122. The van der Waals surface area contributed by atoms with Gasteiger partial charge in [0.1, 0.15) is 5.75 Å². The van der Waals surface area contributed by atoms with Crippen LogP contribution in [-0.2, 0) is 9.59 Å². The summed E-state index contributed by atoms with van der Waals surface area (Å²) in [5.74, 6) is -0.235. The van der Waals surface area contributed by atoms with Crippen molar-refractivity contribution >= 4 is 50.7 Å². The van der Waals surface area contributed by atoms with Gasteiger partial charge < -0.3 is 15.0 Å². The molecule has 0 saturated carbocycles. The van der Waals surface area contributed by atoms with Crippen molar-refractivity contribution in [2.45, 2.75) is 6.42 Å². The second-order valence-corrected chi connectivity index (χ2v) is 6.98. The van der Waals surface area contributed by atoms with Gasteiger partial charge in [-0.3, -0.25) is 9.59 Å². The second-order valence-electron chi connectivity index (χ2n) is 5.69. The molecule has 7 heteroatoms. The highest BCUT2D eigenvalue weighted by molar-refractivity contribution is 9.10. The molecule has 1 fully saturated rings. The van der Waals surface area contributed by atoms with E-state index in [9.17, 15) is 9.59 Å². The standard InChI is InChI=1S/C18H16BrClN2O3/c1-25-16-7-6-12(20)9-14(16)21-18(24)11-8-17(23)22(10-11)15-5-3-2-4-13(15)19/h2-7,9,11H,8,10H2,1H3,(H,21,24). The number of para-hydroxylation sites is 1. The topological polar surface area (TPSA) is 58.6 Å². The molecule has 0 radical (unpaired) electrons. The molecule has 1 unspecified atom stereocenters. The lowest BCUT2D eigenvalue weighted by Gasteiger charge is -2.18. The second kappa shape index (κ2) is 7.45. The number of hydrogen-bond acceptors (Lipinski definition) is 3. The van der Waals surface area contributed by atoms with Crippen LogP contribution in [0.15, 0.2) is 46.9 Å². The summed E-state index contributed by atoms with van der Waals surface area (Å²) in [6.07, 6.45) is 0.163. The van der Waals surface area contributed by atoms with E-state index in [1.54, 1.807) is 23.1 Å². The maximum Gasteiger partial charge on any atom is 0.229 e. The number of rotatable bonds is 4. The molecule has 0 aromatic heterocycles. The first-order valence-electron chi connectivity index (χ1n) is 7.69. The SMILES string of the molecule is COc1ccc(Cl)cc1NC(=O)C1CC(=O)N(c2ccccc2Br)C1. The van der Waals surface area contributed by atoms with Gasteiger partial charge in [-0.05, 0) is 46.3 Å². The van der Waals surface area contributed by atoms with Gasteiger partial charge >= 0.3 is 0 Å². The van der Waals surface area contributed by atoms with Crippen molar-refractivity contribution in [1.82, 2.24) is 0 Å². The van der Waals surface area contributed by atoms with Crippen LogP contribution in [0.25, 0.3) is 0 Å². The molecule has 1 aliphatic heterocycles. The minimum Gasteiger partial charge on any atom is -0.495 e. The van der Waals surface area contributed by atoms with Crippen molar-refractivity contribution < 1.29 is 14.3 Å². The van der Waals surface area contributed by atoms with Crippen LogP contribution in [0.1, 0.15) is 6.42 Å². The quantitative estimate of drug-likeness (QED) is 0.805. The molecule has 25 heavy (non-hydrogen) atoms. The highest BCUT2D eigenvalue weighted by Crippen LogP contribution is 2.33. The number of anilines is 2. The summed E-state index contributed by atoms with van der Waals surface area (Å²) in [5.41, 5.74) is 1.26. The summed E-state index contributed by atoms with van der Waals surface area (Å²) in [7, 11) is 1.52. The van der Waals surface area contributed by atoms with Gasteiger partial charge in [0.05, 0.1) is 24.4 Å². The molecule has 0 bridgehead atoms. The van der Waals surface area contributed by atoms with E-state index >= 15 is 0 Å². The Morgan fingerprint density at radius 2 is 2.08 bits per heavy atom. The van der Waals surface area contributed by atoms with Crippen molar-refractivity contribution in [1.29, 1.82) is 0 Å². The normalized spacial score (nSPS) is 16.8. The Balaban J connectivity index is 1.75. The number of nitrogens with one attached hydrogen (secondary N) is 1. The first kappa shape index (κ1) is 17.8. The predicted octanol–water partition coefficient (Wildman–Crippen LogP) is 4.10. The maximum atomic E-state index is 12.6. The van der Waals surface area contributed by atoms with Crippen LogP contribution in [0, 0.1) is 5.92 Å². The number of ether oxygens (including phenoxy) is 1. The first-order chi connectivity index (χ1) is 12.0. The Labute approximate surface area is 159 Å². The van der Waals surface area contributed by atoms with Gasteiger partial charge in [0.2, 0.25) is 11.8 Å². The monoisotopic (exact) mass is 422 g/mol. The predicted molar refractivity (Wildman–Crippen MR) is 101 cm³/mol. The molecule has 2 aromatic carbocycles. The van der Waals surface area contributed by atoms with Crippen LogP contribution in [0.2, 0.25) is 5.02 Å². The molecular weight excluding hydrogens is 408 g/mol. The van der Waals surface area contributed by atoms with E-state index in [2.05, 4.69) is 21.2 Å². The summed E-state index contributed by atoms with van der Waals surface area (Å²) in [4.78, 5) is 26.6. The zero-order chi connectivity index (χ0) is 18.0. The molecule has 5 nitrogen and oxygen atoms in total. The molecule has 0 aliphatic carbocycles. The van der Waals surface area contributed by atoms with Gasteiger partial charge in [-0.25, -0.2) is 0 Å². The largest absolute Gasteiger partial charge is 0.495 e. The smallest absolute Gasteiger partial charge is 0.229 e. The minimum absolute atomic E-state index is 0.0786. The van der Waals surface area contributed by atoms with Gasteiger partial charge in [-0.15, -0.1) is 0 Å². The van der Waals surface area contributed by atoms with E-state index in [1.165, 1.54) is 7.11 Å². The van der Waals surface area contributed by atoms with Crippen molar-refractivity contribution in [3.8, 4) is 5.75 Å². The summed E-state index contributed by atoms with van der Waals surface area (Å²) < 4.78 is 6.05. The molecule has 2 amide bonds. The molecule has 1 heterocycles. The van der Waals surface area contributed by atoms with E-state index in [1.807, 2.05) is 24.3 Å². The Morgan fingerprint density at radius 3 is 2.80 bits per heavy atom. The van der Waals surface area contributed by atoms with Crippen LogP contribution < -0.4 is 15.0 Å². The molecular formula is C18H16BrClN2O3. The fourth-order valence-corrected chi connectivity index (χ4v) is 3.47. The van der Waals surface area contributed by atoms with Gasteiger partial charge in [-0.2, -0.15) is 0 Å². The Kier molecular flexibility index (Phi) is 5.30. The Hall–Kier alpha value is -2.05. The molecule has 1 N–H and O–H groups in total. The molecule has 3 rings (SSSR count). The average molecular weight is 424 g/mol. The molecule has 1 atom stereocenters. The number of nitrogens with zero attached hydrogens (tertiary/aromatic N) is 1. The summed E-state index contributed by atoms with van der Waals surface area (Å²) >= 11 is 9.43. The van der Waals surface area contributed by atoms with Crippen molar-refractivity contribution in [3.63, 3.8) is 0 Å². The molecule has 2 aromatic rings. The average Bonchev–Trinajstić information content (AvgIpc) is 2.97. The lowest BCUT2D eigenvalue weighted by Crippen LogP contribution is -2.28. The van der Waals surface area contributed by atoms with Crippen molar-refractivity contribution in [2.24, 2.45) is 5.92 Å². The third-order valence-corrected chi connectivity index (χ3v) is 4.96. The van der Waals surface area contributed by atoms with Crippen LogP contribution in [0.3, 0.4) is 0 Å². The van der Waals surface area contributed by atoms with Gasteiger partial charge in [0.15, 0.2) is 0 Å². The zero-order valence-electron chi connectivity index (χ0n) is 13.5. The van der Waals surface area contributed by atoms with Crippen LogP contribution in [-0.4, -0.2) is 25.5 Å². The fourth-order valence-electron chi connectivity index (χ4n) is 2.80. The van der Waals surface area contributed by atoms with Crippen LogP contribution in [0.5, 0.6) is 5.75 Å². The number of carbonyl (C=O) groups excluding carboxylic acids is 2. The fraction of sp³-hybridized carbons (Fsp3) is 0.222. The molecule has 1 aliphatic rings. The highest BCUT2D eigenvalue weighted by Gasteiger charge is 2.36. The minimum atomic E-state index is -0.441. The maximum absolute atomic E-state index is 12.6. The number of hydrogen-bond donors (Lipinski definition) is 1. The van der Waals surface area contributed by atoms with E-state index in [0.717, 1.165) is 10.2 Å². The Bertz CT molecular complexity index is 828. The third kappa shape index (κ3) is 3.80. The van der Waals surface area contributed by atoms with E-state index in [0.29, 0.717) is 23.0 Å². The van der Waals surface area contributed by atoms with Gasteiger partial charge in [-0.1, -0.05) is 23.7 Å². The Morgan fingerprint density at radius 1 is 1.32 bits per heavy atom. The lowest BCUT2D eigenvalue weighted by atomic mass is 10.1. The van der Waals surface area contributed by atoms with Crippen LogP contribution in [0.4, 0.5) is 11.4 Å². The van der Waals surface area contributed by atoms with Gasteiger partial charge in [0.25, 0.3) is 0 Å². The summed E-state index contributed by atoms with van der Waals surface area (Å²) in [5, 5.41) is 3.31. The van der Waals surface area contributed by atoms with Crippen molar-refractivity contribution in [2.75, 3.05) is 23.9 Å².